The van der Waals surface area contributed by atoms with E-state index in [9.17, 15) is 0 Å². The molecule has 1 N–H and O–H groups in total. The molecule has 19 heavy (non-hydrogen) atoms. The average Bonchev–Trinajstić information content (AvgIpc) is 2.87. The second-order valence-electron chi connectivity index (χ2n) is 5.20. The van der Waals surface area contributed by atoms with Crippen molar-refractivity contribution in [1.29, 1.82) is 0 Å². The maximum Gasteiger partial charge on any atom is 0.181 e. The Labute approximate surface area is 113 Å². The molecule has 5 nitrogen and oxygen atoms in total. The molecule has 1 aromatic carbocycles. The number of piperazine rings is 1. The summed E-state index contributed by atoms with van der Waals surface area (Å²) in [7, 11) is 4.24. The minimum Gasteiger partial charge on any atom is -0.443 e. The van der Waals surface area contributed by atoms with Gasteiger partial charge in [0.2, 0.25) is 0 Å². The lowest BCUT2D eigenvalue weighted by Crippen LogP contribution is -2.48. The molecule has 5 heteroatoms. The van der Waals surface area contributed by atoms with Crippen LogP contribution < -0.4 is 5.32 Å². The predicted molar refractivity (Wildman–Crippen MR) is 74.9 cm³/mol. The molecule has 1 aromatic heterocycles. The number of aromatic nitrogens is 1. The lowest BCUT2D eigenvalue weighted by Gasteiger charge is -2.38. The summed E-state index contributed by atoms with van der Waals surface area (Å²) in [6.45, 7) is 4.23. The summed E-state index contributed by atoms with van der Waals surface area (Å²) < 4.78 is 5.42. The fraction of sp³-hybridized carbons (Fsp3) is 0.500. The average molecular weight is 260 g/mol. The Morgan fingerprint density at radius 1 is 1.32 bits per heavy atom. The number of hydrogen-bond acceptors (Lipinski definition) is 5. The molecule has 1 aliphatic rings. The van der Waals surface area contributed by atoms with Crippen molar-refractivity contribution < 1.29 is 4.42 Å². The molecule has 1 fully saturated rings. The minimum absolute atomic E-state index is 0.289. The van der Waals surface area contributed by atoms with Crippen molar-refractivity contribution in [3.05, 3.63) is 30.2 Å². The van der Waals surface area contributed by atoms with Crippen LogP contribution in [0.3, 0.4) is 0 Å². The first kappa shape index (κ1) is 12.6. The van der Waals surface area contributed by atoms with Crippen molar-refractivity contribution in [3.8, 4) is 0 Å². The topological polar surface area (TPSA) is 44.5 Å². The van der Waals surface area contributed by atoms with Crippen LogP contribution in [0.5, 0.6) is 0 Å². The highest BCUT2D eigenvalue weighted by Crippen LogP contribution is 2.26. The molecule has 3 rings (SSSR count). The highest BCUT2D eigenvalue weighted by Gasteiger charge is 2.24. The molecule has 0 bridgehead atoms. The number of fused-ring (bicyclic) bond motifs is 1. The number of nitrogens with one attached hydrogen (secondary N) is 1. The predicted octanol–water partition coefficient (Wildman–Crippen LogP) is 1.29. The van der Waals surface area contributed by atoms with Gasteiger partial charge in [-0.1, -0.05) is 6.07 Å². The van der Waals surface area contributed by atoms with Gasteiger partial charge in [-0.3, -0.25) is 9.80 Å². The van der Waals surface area contributed by atoms with E-state index >= 15 is 0 Å². The van der Waals surface area contributed by atoms with E-state index in [0.29, 0.717) is 0 Å². The van der Waals surface area contributed by atoms with E-state index in [1.54, 1.807) is 0 Å². The normalized spacial score (nSPS) is 19.1. The third-order valence-electron chi connectivity index (χ3n) is 3.64. The van der Waals surface area contributed by atoms with E-state index < -0.39 is 0 Å². The summed E-state index contributed by atoms with van der Waals surface area (Å²) in [6.07, 6.45) is 1.79. The molecular formula is C14H20N4O. The summed E-state index contributed by atoms with van der Waals surface area (Å²) in [5, 5.41) is 3.40. The summed E-state index contributed by atoms with van der Waals surface area (Å²) in [5.41, 5.74) is 3.04. The zero-order valence-corrected chi connectivity index (χ0v) is 11.5. The summed E-state index contributed by atoms with van der Waals surface area (Å²) >= 11 is 0. The lowest BCUT2D eigenvalue weighted by atomic mass is 10.1. The molecule has 0 aliphatic carbocycles. The maximum atomic E-state index is 5.42. The third kappa shape index (κ3) is 2.49. The van der Waals surface area contributed by atoms with Gasteiger partial charge >= 0.3 is 0 Å². The van der Waals surface area contributed by atoms with Crippen LogP contribution >= 0.6 is 0 Å². The summed E-state index contributed by atoms with van der Waals surface area (Å²) in [6, 6.07) is 6.29. The van der Waals surface area contributed by atoms with E-state index in [-0.39, 0.29) is 6.17 Å². The van der Waals surface area contributed by atoms with Crippen molar-refractivity contribution in [1.82, 2.24) is 20.1 Å². The molecule has 2 aromatic rings. The van der Waals surface area contributed by atoms with Gasteiger partial charge in [0.15, 0.2) is 12.0 Å². The summed E-state index contributed by atoms with van der Waals surface area (Å²) in [5.74, 6) is 0. The van der Waals surface area contributed by atoms with Crippen LogP contribution in [-0.4, -0.2) is 55.1 Å². The lowest BCUT2D eigenvalue weighted by molar-refractivity contribution is 0.0673. The molecule has 0 spiro atoms. The second kappa shape index (κ2) is 5.28. The van der Waals surface area contributed by atoms with Crippen molar-refractivity contribution >= 4 is 11.1 Å². The molecule has 0 amide bonds. The zero-order valence-electron chi connectivity index (χ0n) is 11.5. The molecular weight excluding hydrogens is 240 g/mol. The molecule has 1 aliphatic heterocycles. The second-order valence-corrected chi connectivity index (χ2v) is 5.20. The van der Waals surface area contributed by atoms with Gasteiger partial charge in [0.1, 0.15) is 5.52 Å². The van der Waals surface area contributed by atoms with Crippen LogP contribution in [-0.2, 0) is 0 Å². The fourth-order valence-electron chi connectivity index (χ4n) is 2.79. The molecule has 0 radical (unpaired) electrons. The van der Waals surface area contributed by atoms with E-state index in [1.807, 2.05) is 6.07 Å². The van der Waals surface area contributed by atoms with Crippen LogP contribution in [0, 0.1) is 0 Å². The highest BCUT2D eigenvalue weighted by molar-refractivity contribution is 5.72. The minimum atomic E-state index is 0.289. The van der Waals surface area contributed by atoms with Gasteiger partial charge in [-0.25, -0.2) is 4.98 Å². The third-order valence-corrected chi connectivity index (χ3v) is 3.64. The molecule has 1 unspecified atom stereocenters. The number of nitrogens with zero attached hydrogens (tertiary/aromatic N) is 3. The van der Waals surface area contributed by atoms with Crippen LogP contribution in [0.15, 0.2) is 29.0 Å². The van der Waals surface area contributed by atoms with Gasteiger partial charge in [0.25, 0.3) is 0 Å². The van der Waals surface area contributed by atoms with E-state index in [2.05, 4.69) is 46.3 Å². The Hall–Kier alpha value is -1.43. The largest absolute Gasteiger partial charge is 0.443 e. The van der Waals surface area contributed by atoms with Crippen LogP contribution in [0.1, 0.15) is 11.7 Å². The molecule has 102 valence electrons. The number of oxazole rings is 1. The quantitative estimate of drug-likeness (QED) is 0.901. The van der Waals surface area contributed by atoms with Crippen molar-refractivity contribution in [3.63, 3.8) is 0 Å². The Morgan fingerprint density at radius 2 is 2.11 bits per heavy atom. The van der Waals surface area contributed by atoms with Gasteiger partial charge in [-0.15, -0.1) is 0 Å². The number of rotatable bonds is 3. The van der Waals surface area contributed by atoms with Gasteiger partial charge in [-0.2, -0.15) is 0 Å². The fourth-order valence-corrected chi connectivity index (χ4v) is 2.79. The first-order valence-corrected chi connectivity index (χ1v) is 6.70. The van der Waals surface area contributed by atoms with Crippen molar-refractivity contribution in [2.24, 2.45) is 0 Å². The van der Waals surface area contributed by atoms with Crippen LogP contribution in [0.4, 0.5) is 0 Å². The maximum absolute atomic E-state index is 5.42. The van der Waals surface area contributed by atoms with E-state index in [1.165, 1.54) is 12.0 Å². The Kier molecular flexibility index (Phi) is 3.50. The van der Waals surface area contributed by atoms with Gasteiger partial charge in [0, 0.05) is 26.2 Å². The molecule has 1 atom stereocenters. The first-order valence-electron chi connectivity index (χ1n) is 6.70. The highest BCUT2D eigenvalue weighted by atomic mass is 16.3. The Bertz CT molecular complexity index is 545. The molecule has 1 saturated heterocycles. The van der Waals surface area contributed by atoms with Crippen molar-refractivity contribution in [2.75, 3.05) is 40.3 Å². The van der Waals surface area contributed by atoms with Crippen LogP contribution in [0.2, 0.25) is 0 Å². The molecule has 0 saturated carbocycles. The zero-order chi connectivity index (χ0) is 13.2. The van der Waals surface area contributed by atoms with Crippen molar-refractivity contribution in [2.45, 2.75) is 6.17 Å². The van der Waals surface area contributed by atoms with Gasteiger partial charge in [0.05, 0.1) is 6.17 Å². The Balaban J connectivity index is 1.93. The smallest absolute Gasteiger partial charge is 0.181 e. The molecule has 2 heterocycles. The number of benzene rings is 1. The first-order chi connectivity index (χ1) is 9.25. The number of hydrogen-bond donors (Lipinski definition) is 1. The monoisotopic (exact) mass is 260 g/mol. The van der Waals surface area contributed by atoms with E-state index in [0.717, 1.165) is 37.3 Å². The standard InChI is InChI=1S/C14H20N4O/c1-17(2)14(18-7-5-15-6-8-18)11-3-4-12-13(9-11)19-10-16-12/h3-4,9-10,14-15H,5-8H2,1-2H3. The van der Waals surface area contributed by atoms with E-state index in [4.69, 9.17) is 4.42 Å². The van der Waals surface area contributed by atoms with Crippen LogP contribution in [0.25, 0.3) is 11.1 Å². The SMILES string of the molecule is CN(C)C(c1ccc2ncoc2c1)N1CCNCC1. The Morgan fingerprint density at radius 3 is 2.84 bits per heavy atom. The summed E-state index contributed by atoms with van der Waals surface area (Å²) in [4.78, 5) is 8.92. The van der Waals surface area contributed by atoms with Gasteiger partial charge < -0.3 is 9.73 Å². The van der Waals surface area contributed by atoms with Gasteiger partial charge in [-0.05, 0) is 31.8 Å².